The Kier molecular flexibility index (Phi) is 3.78. The van der Waals surface area contributed by atoms with Crippen molar-refractivity contribution in [3.8, 4) is 0 Å². The fourth-order valence-corrected chi connectivity index (χ4v) is 3.10. The molecule has 4 nitrogen and oxygen atoms in total. The Labute approximate surface area is 125 Å². The van der Waals surface area contributed by atoms with Gasteiger partial charge in [0.15, 0.2) is 0 Å². The van der Waals surface area contributed by atoms with Crippen LogP contribution in [-0.2, 0) is 0 Å². The first-order valence-electron chi connectivity index (χ1n) is 7.56. The van der Waals surface area contributed by atoms with Crippen LogP contribution in [0, 0.1) is 5.92 Å². The Morgan fingerprint density at radius 1 is 1.29 bits per heavy atom. The molecule has 1 aliphatic rings. The highest BCUT2D eigenvalue weighted by Gasteiger charge is 2.23. The molecular weight excluding hydrogens is 262 g/mol. The highest BCUT2D eigenvalue weighted by molar-refractivity contribution is 5.99. The van der Waals surface area contributed by atoms with Gasteiger partial charge in [0.05, 0.1) is 5.52 Å². The van der Waals surface area contributed by atoms with E-state index < -0.39 is 0 Å². The molecule has 21 heavy (non-hydrogen) atoms. The molecule has 0 saturated heterocycles. The van der Waals surface area contributed by atoms with E-state index in [-0.39, 0.29) is 5.91 Å². The molecule has 2 aromatic rings. The maximum Gasteiger partial charge on any atom is 0.270 e. The van der Waals surface area contributed by atoms with Gasteiger partial charge in [-0.1, -0.05) is 25.1 Å². The summed E-state index contributed by atoms with van der Waals surface area (Å²) < 4.78 is 0. The van der Waals surface area contributed by atoms with Gasteiger partial charge in [0.25, 0.3) is 5.91 Å². The molecule has 1 saturated carbocycles. The minimum absolute atomic E-state index is 0.0728. The SMILES string of the molecule is CNc1cc(C(=O)NC2CCC(C)C2)nc2ccccc12. The number of fused-ring (bicyclic) bond motifs is 1. The first-order valence-corrected chi connectivity index (χ1v) is 7.56. The Morgan fingerprint density at radius 2 is 2.10 bits per heavy atom. The lowest BCUT2D eigenvalue weighted by molar-refractivity contribution is 0.0932. The summed E-state index contributed by atoms with van der Waals surface area (Å²) in [5.74, 6) is 0.629. The third kappa shape index (κ3) is 2.84. The molecule has 4 heteroatoms. The van der Waals surface area contributed by atoms with E-state index in [1.54, 1.807) is 0 Å². The van der Waals surface area contributed by atoms with Gasteiger partial charge in [0.1, 0.15) is 5.69 Å². The van der Waals surface area contributed by atoms with Crippen LogP contribution in [0.5, 0.6) is 0 Å². The molecule has 0 bridgehead atoms. The van der Waals surface area contributed by atoms with Crippen LogP contribution in [0.15, 0.2) is 30.3 Å². The Bertz CT molecular complexity index is 668. The minimum Gasteiger partial charge on any atom is -0.388 e. The molecule has 2 N–H and O–H groups in total. The van der Waals surface area contributed by atoms with E-state index in [9.17, 15) is 4.79 Å². The number of nitrogens with zero attached hydrogens (tertiary/aromatic N) is 1. The van der Waals surface area contributed by atoms with Crippen molar-refractivity contribution in [3.63, 3.8) is 0 Å². The van der Waals surface area contributed by atoms with Gasteiger partial charge in [0.2, 0.25) is 0 Å². The van der Waals surface area contributed by atoms with Crippen LogP contribution < -0.4 is 10.6 Å². The molecule has 0 spiro atoms. The third-order valence-electron chi connectivity index (χ3n) is 4.25. The van der Waals surface area contributed by atoms with E-state index in [4.69, 9.17) is 0 Å². The number of pyridine rings is 1. The number of anilines is 1. The van der Waals surface area contributed by atoms with Gasteiger partial charge < -0.3 is 10.6 Å². The number of carbonyl (C=O) groups is 1. The molecule has 0 aliphatic heterocycles. The molecule has 0 radical (unpaired) electrons. The maximum absolute atomic E-state index is 12.4. The third-order valence-corrected chi connectivity index (χ3v) is 4.25. The second-order valence-corrected chi connectivity index (χ2v) is 5.91. The molecule has 1 amide bonds. The molecular formula is C17H21N3O. The Balaban J connectivity index is 1.87. The number of rotatable bonds is 3. The van der Waals surface area contributed by atoms with E-state index in [0.717, 1.165) is 29.4 Å². The van der Waals surface area contributed by atoms with Crippen molar-refractivity contribution in [1.29, 1.82) is 0 Å². The summed E-state index contributed by atoms with van der Waals surface area (Å²) in [6.45, 7) is 2.24. The van der Waals surface area contributed by atoms with Crippen molar-refractivity contribution in [1.82, 2.24) is 10.3 Å². The minimum atomic E-state index is -0.0728. The number of benzene rings is 1. The zero-order valence-electron chi connectivity index (χ0n) is 12.5. The zero-order chi connectivity index (χ0) is 14.8. The Hall–Kier alpha value is -2.10. The smallest absolute Gasteiger partial charge is 0.270 e. The normalized spacial score (nSPS) is 21.4. The number of hydrogen-bond acceptors (Lipinski definition) is 3. The second kappa shape index (κ2) is 5.72. The van der Waals surface area contributed by atoms with Crippen LogP contribution in [-0.4, -0.2) is 24.0 Å². The highest BCUT2D eigenvalue weighted by atomic mass is 16.1. The van der Waals surface area contributed by atoms with Crippen LogP contribution in [0.4, 0.5) is 5.69 Å². The van der Waals surface area contributed by atoms with Crippen LogP contribution >= 0.6 is 0 Å². The van der Waals surface area contributed by atoms with Crippen molar-refractivity contribution < 1.29 is 4.79 Å². The van der Waals surface area contributed by atoms with Crippen molar-refractivity contribution in [2.75, 3.05) is 12.4 Å². The number of hydrogen-bond donors (Lipinski definition) is 2. The quantitative estimate of drug-likeness (QED) is 0.909. The van der Waals surface area contributed by atoms with Gasteiger partial charge in [-0.25, -0.2) is 4.98 Å². The fourth-order valence-electron chi connectivity index (χ4n) is 3.10. The second-order valence-electron chi connectivity index (χ2n) is 5.91. The predicted octanol–water partition coefficient (Wildman–Crippen LogP) is 3.19. The molecule has 1 aliphatic carbocycles. The lowest BCUT2D eigenvalue weighted by Crippen LogP contribution is -2.33. The number of para-hydroxylation sites is 1. The lowest BCUT2D eigenvalue weighted by atomic mass is 10.1. The number of aromatic nitrogens is 1. The van der Waals surface area contributed by atoms with Gasteiger partial charge in [-0.15, -0.1) is 0 Å². The van der Waals surface area contributed by atoms with Crippen LogP contribution in [0.1, 0.15) is 36.7 Å². The predicted molar refractivity (Wildman–Crippen MR) is 85.6 cm³/mol. The topological polar surface area (TPSA) is 54.0 Å². The van der Waals surface area contributed by atoms with E-state index >= 15 is 0 Å². The van der Waals surface area contributed by atoms with Gasteiger partial charge in [-0.3, -0.25) is 4.79 Å². The average Bonchev–Trinajstić information content (AvgIpc) is 2.91. The summed E-state index contributed by atoms with van der Waals surface area (Å²) >= 11 is 0. The van der Waals surface area contributed by atoms with Crippen molar-refractivity contribution in [3.05, 3.63) is 36.0 Å². The molecule has 1 fully saturated rings. The summed E-state index contributed by atoms with van der Waals surface area (Å²) in [6.07, 6.45) is 3.33. The molecule has 1 heterocycles. The number of amides is 1. The number of carbonyl (C=O) groups excluding carboxylic acids is 1. The Morgan fingerprint density at radius 3 is 2.81 bits per heavy atom. The van der Waals surface area contributed by atoms with Crippen molar-refractivity contribution in [2.45, 2.75) is 32.2 Å². The summed E-state index contributed by atoms with van der Waals surface area (Å²) in [7, 11) is 1.86. The van der Waals surface area contributed by atoms with Gasteiger partial charge in [0, 0.05) is 24.2 Å². The molecule has 3 rings (SSSR count). The summed E-state index contributed by atoms with van der Waals surface area (Å²) in [4.78, 5) is 16.9. The average molecular weight is 283 g/mol. The van der Waals surface area contributed by atoms with E-state index in [1.807, 2.05) is 37.4 Å². The monoisotopic (exact) mass is 283 g/mol. The van der Waals surface area contributed by atoms with Crippen molar-refractivity contribution >= 4 is 22.5 Å². The molecule has 2 atom stereocenters. The van der Waals surface area contributed by atoms with Gasteiger partial charge in [-0.05, 0) is 37.3 Å². The number of nitrogens with one attached hydrogen (secondary N) is 2. The zero-order valence-corrected chi connectivity index (χ0v) is 12.5. The standard InChI is InChI=1S/C17H21N3O/c1-11-7-8-12(9-11)19-17(21)16-10-15(18-2)13-5-3-4-6-14(13)20-16/h3-6,10-12H,7-9H2,1-2H3,(H,18,20)(H,19,21). The van der Waals surface area contributed by atoms with Crippen LogP contribution in [0.3, 0.4) is 0 Å². The first-order chi connectivity index (χ1) is 10.2. The lowest BCUT2D eigenvalue weighted by Gasteiger charge is -2.13. The molecule has 2 unspecified atom stereocenters. The summed E-state index contributed by atoms with van der Waals surface area (Å²) in [5, 5.41) is 7.29. The molecule has 1 aromatic carbocycles. The molecule has 1 aromatic heterocycles. The van der Waals surface area contributed by atoms with E-state index in [2.05, 4.69) is 22.5 Å². The van der Waals surface area contributed by atoms with Gasteiger partial charge in [-0.2, -0.15) is 0 Å². The first kappa shape index (κ1) is 13.9. The maximum atomic E-state index is 12.4. The molecule has 110 valence electrons. The summed E-state index contributed by atoms with van der Waals surface area (Å²) in [6, 6.07) is 9.98. The van der Waals surface area contributed by atoms with Gasteiger partial charge >= 0.3 is 0 Å². The fraction of sp³-hybridized carbons (Fsp3) is 0.412. The summed E-state index contributed by atoms with van der Waals surface area (Å²) in [5.41, 5.74) is 2.26. The van der Waals surface area contributed by atoms with E-state index in [1.165, 1.54) is 6.42 Å². The van der Waals surface area contributed by atoms with Crippen LogP contribution in [0.25, 0.3) is 10.9 Å². The largest absolute Gasteiger partial charge is 0.388 e. The highest BCUT2D eigenvalue weighted by Crippen LogP contribution is 2.26. The van der Waals surface area contributed by atoms with Crippen LogP contribution in [0.2, 0.25) is 0 Å². The van der Waals surface area contributed by atoms with E-state index in [0.29, 0.717) is 17.7 Å². The van der Waals surface area contributed by atoms with Crippen molar-refractivity contribution in [2.24, 2.45) is 5.92 Å².